The van der Waals surface area contributed by atoms with Crippen LogP contribution in [-0.4, -0.2) is 30.5 Å². The summed E-state index contributed by atoms with van der Waals surface area (Å²) in [5.41, 5.74) is 3.39. The second-order valence-electron chi connectivity index (χ2n) is 6.54. The molecule has 7 nitrogen and oxygen atoms in total. The molecule has 2 amide bonds. The molecular formula is C23H16Br2ClN3O4. The van der Waals surface area contributed by atoms with Gasteiger partial charge in [-0.3, -0.25) is 9.59 Å². The molecule has 0 aliphatic heterocycles. The minimum atomic E-state index is -0.628. The Kier molecular flexibility index (Phi) is 8.76. The maximum atomic E-state index is 12.5. The predicted octanol–water partition coefficient (Wildman–Crippen LogP) is 4.96. The molecule has 33 heavy (non-hydrogen) atoms. The minimum Gasteiger partial charge on any atom is -0.422 e. The Labute approximate surface area is 211 Å². The Balaban J connectivity index is 1.60. The highest BCUT2D eigenvalue weighted by Gasteiger charge is 2.14. The average molecular weight is 594 g/mol. The normalized spacial score (nSPS) is 10.6. The number of carbonyl (C=O) groups is 3. The number of hydrazone groups is 1. The topological polar surface area (TPSA) is 96.9 Å². The Hall–Kier alpha value is -3.01. The largest absolute Gasteiger partial charge is 0.422 e. The van der Waals surface area contributed by atoms with Gasteiger partial charge in [-0.15, -0.1) is 0 Å². The standard InChI is InChI=1S/C23H16Br2ClN3O4/c24-16-5-3-4-14(10-16)22(31)27-13-21(30)29-28-12-15-11-17(25)8-9-20(15)33-23(32)18-6-1-2-7-19(18)26/h1-12H,13H2,(H,27,31)(H,29,30)/b28-12+. The van der Waals surface area contributed by atoms with Crippen molar-refractivity contribution in [3.05, 3.63) is 97.4 Å². The van der Waals surface area contributed by atoms with E-state index in [1.807, 2.05) is 0 Å². The van der Waals surface area contributed by atoms with E-state index < -0.39 is 17.8 Å². The van der Waals surface area contributed by atoms with Gasteiger partial charge < -0.3 is 10.1 Å². The van der Waals surface area contributed by atoms with Gasteiger partial charge in [-0.2, -0.15) is 5.10 Å². The molecule has 2 N–H and O–H groups in total. The number of ether oxygens (including phenoxy) is 1. The minimum absolute atomic E-state index is 0.222. The molecule has 0 spiro atoms. The quantitative estimate of drug-likeness (QED) is 0.175. The lowest BCUT2D eigenvalue weighted by Crippen LogP contribution is -2.34. The third-order valence-corrected chi connectivity index (χ3v) is 5.47. The number of hydrogen-bond donors (Lipinski definition) is 2. The summed E-state index contributed by atoms with van der Waals surface area (Å²) in [6.45, 7) is -0.268. The molecule has 168 valence electrons. The highest BCUT2D eigenvalue weighted by Crippen LogP contribution is 2.24. The van der Waals surface area contributed by atoms with E-state index in [2.05, 4.69) is 47.7 Å². The fourth-order valence-corrected chi connectivity index (χ4v) is 3.59. The molecule has 0 heterocycles. The first-order chi connectivity index (χ1) is 15.8. The van der Waals surface area contributed by atoms with Gasteiger partial charge in [-0.25, -0.2) is 10.2 Å². The lowest BCUT2D eigenvalue weighted by Gasteiger charge is -2.09. The van der Waals surface area contributed by atoms with Gasteiger partial charge in [0.25, 0.3) is 11.8 Å². The highest BCUT2D eigenvalue weighted by atomic mass is 79.9. The summed E-state index contributed by atoms with van der Waals surface area (Å²) in [4.78, 5) is 36.6. The maximum Gasteiger partial charge on any atom is 0.345 e. The van der Waals surface area contributed by atoms with Crippen LogP contribution in [0.1, 0.15) is 26.3 Å². The van der Waals surface area contributed by atoms with E-state index in [9.17, 15) is 14.4 Å². The number of carbonyl (C=O) groups excluding carboxylic acids is 3. The van der Waals surface area contributed by atoms with Crippen molar-refractivity contribution >= 4 is 67.5 Å². The summed E-state index contributed by atoms with van der Waals surface area (Å²) < 4.78 is 6.92. The summed E-state index contributed by atoms with van der Waals surface area (Å²) in [6.07, 6.45) is 1.33. The summed E-state index contributed by atoms with van der Waals surface area (Å²) in [7, 11) is 0. The van der Waals surface area contributed by atoms with Gasteiger partial charge >= 0.3 is 5.97 Å². The molecule has 0 saturated carbocycles. The molecule has 10 heteroatoms. The van der Waals surface area contributed by atoms with Crippen molar-refractivity contribution in [2.45, 2.75) is 0 Å². The van der Waals surface area contributed by atoms with Crippen molar-refractivity contribution in [3.63, 3.8) is 0 Å². The first kappa shape index (κ1) is 24.6. The summed E-state index contributed by atoms with van der Waals surface area (Å²) in [5, 5.41) is 6.66. The summed E-state index contributed by atoms with van der Waals surface area (Å²) >= 11 is 12.7. The van der Waals surface area contributed by atoms with Crippen LogP contribution in [0, 0.1) is 0 Å². The Morgan fingerprint density at radius 3 is 2.48 bits per heavy atom. The Bertz CT molecular complexity index is 1230. The van der Waals surface area contributed by atoms with Crippen LogP contribution in [0.5, 0.6) is 5.75 Å². The molecule has 3 rings (SSSR count). The van der Waals surface area contributed by atoms with Crippen LogP contribution >= 0.6 is 43.5 Å². The van der Waals surface area contributed by atoms with E-state index in [1.165, 1.54) is 6.21 Å². The van der Waals surface area contributed by atoms with Crippen molar-refractivity contribution < 1.29 is 19.1 Å². The number of hydrogen-bond acceptors (Lipinski definition) is 5. The first-order valence-corrected chi connectivity index (χ1v) is 11.4. The van der Waals surface area contributed by atoms with E-state index in [0.29, 0.717) is 15.6 Å². The van der Waals surface area contributed by atoms with Crippen LogP contribution in [0.25, 0.3) is 0 Å². The van der Waals surface area contributed by atoms with Crippen molar-refractivity contribution in [1.82, 2.24) is 10.7 Å². The van der Waals surface area contributed by atoms with Gasteiger partial charge in [0.05, 0.1) is 23.3 Å². The fourth-order valence-electron chi connectivity index (χ4n) is 2.60. The molecule has 0 saturated heterocycles. The molecule has 0 aliphatic carbocycles. The molecule has 0 aromatic heterocycles. The number of benzene rings is 3. The molecule has 0 bridgehead atoms. The molecule has 0 fully saturated rings. The maximum absolute atomic E-state index is 12.5. The number of halogens is 3. The lowest BCUT2D eigenvalue weighted by atomic mass is 10.2. The Morgan fingerprint density at radius 2 is 1.73 bits per heavy atom. The van der Waals surface area contributed by atoms with Gasteiger partial charge in [-0.1, -0.05) is 61.7 Å². The number of amides is 2. The van der Waals surface area contributed by atoms with Gasteiger partial charge in [0.2, 0.25) is 0 Å². The average Bonchev–Trinajstić information content (AvgIpc) is 2.79. The fraction of sp³-hybridized carbons (Fsp3) is 0.0435. The summed E-state index contributed by atoms with van der Waals surface area (Å²) in [6, 6.07) is 18.3. The van der Waals surface area contributed by atoms with Crippen LogP contribution in [0.4, 0.5) is 0 Å². The zero-order valence-corrected chi connectivity index (χ0v) is 20.8. The Morgan fingerprint density at radius 1 is 0.970 bits per heavy atom. The van der Waals surface area contributed by atoms with Crippen LogP contribution in [0.3, 0.4) is 0 Å². The molecule has 0 unspecified atom stereocenters. The van der Waals surface area contributed by atoms with Crippen molar-refractivity contribution in [2.75, 3.05) is 6.54 Å². The van der Waals surface area contributed by atoms with Gasteiger partial charge in [-0.05, 0) is 48.5 Å². The molecule has 3 aromatic carbocycles. The third-order valence-electron chi connectivity index (χ3n) is 4.16. The van der Waals surface area contributed by atoms with Gasteiger partial charge in [0, 0.05) is 20.1 Å². The SMILES string of the molecule is O=C(CNC(=O)c1cccc(Br)c1)N/N=C/c1cc(Br)ccc1OC(=O)c1ccccc1Cl. The van der Waals surface area contributed by atoms with Crippen molar-refractivity contribution in [3.8, 4) is 5.75 Å². The molecular weight excluding hydrogens is 578 g/mol. The van der Waals surface area contributed by atoms with E-state index in [0.717, 1.165) is 4.47 Å². The van der Waals surface area contributed by atoms with Crippen molar-refractivity contribution in [1.29, 1.82) is 0 Å². The van der Waals surface area contributed by atoms with Gasteiger partial charge in [0.15, 0.2) is 0 Å². The van der Waals surface area contributed by atoms with E-state index in [-0.39, 0.29) is 22.9 Å². The second kappa shape index (κ2) is 11.7. The lowest BCUT2D eigenvalue weighted by molar-refractivity contribution is -0.120. The summed E-state index contributed by atoms with van der Waals surface area (Å²) in [5.74, 6) is -1.32. The predicted molar refractivity (Wildman–Crippen MR) is 133 cm³/mol. The number of nitrogens with one attached hydrogen (secondary N) is 2. The number of nitrogens with zero attached hydrogens (tertiary/aromatic N) is 1. The molecule has 3 aromatic rings. The van der Waals surface area contributed by atoms with Crippen LogP contribution in [0.2, 0.25) is 5.02 Å². The van der Waals surface area contributed by atoms with Crippen LogP contribution in [0.15, 0.2) is 80.8 Å². The zero-order chi connectivity index (χ0) is 23.8. The van der Waals surface area contributed by atoms with Gasteiger partial charge in [0.1, 0.15) is 5.75 Å². The first-order valence-electron chi connectivity index (χ1n) is 9.45. The van der Waals surface area contributed by atoms with Crippen LogP contribution in [-0.2, 0) is 4.79 Å². The highest BCUT2D eigenvalue weighted by molar-refractivity contribution is 9.10. The molecule has 0 radical (unpaired) electrons. The number of esters is 1. The molecule has 0 aliphatic rings. The van der Waals surface area contributed by atoms with Crippen molar-refractivity contribution in [2.24, 2.45) is 5.10 Å². The van der Waals surface area contributed by atoms with E-state index in [1.54, 1.807) is 66.7 Å². The van der Waals surface area contributed by atoms with E-state index in [4.69, 9.17) is 16.3 Å². The van der Waals surface area contributed by atoms with E-state index >= 15 is 0 Å². The molecule has 0 atom stereocenters. The third kappa shape index (κ3) is 7.24. The second-order valence-corrected chi connectivity index (χ2v) is 8.78. The van der Waals surface area contributed by atoms with Crippen LogP contribution < -0.4 is 15.5 Å². The smallest absolute Gasteiger partial charge is 0.345 e. The number of rotatable bonds is 7. The zero-order valence-electron chi connectivity index (χ0n) is 16.8. The monoisotopic (exact) mass is 591 g/mol.